The number of halogens is 1. The maximum atomic E-state index is 13.1. The van der Waals surface area contributed by atoms with Crippen molar-refractivity contribution in [1.82, 2.24) is 5.32 Å². The molecular formula is C17H18FNO. The van der Waals surface area contributed by atoms with Crippen LogP contribution < -0.4 is 10.1 Å². The number of hydrogen-bond acceptors (Lipinski definition) is 2. The van der Waals surface area contributed by atoms with Gasteiger partial charge in [0.1, 0.15) is 17.7 Å². The van der Waals surface area contributed by atoms with Crippen LogP contribution in [0.25, 0.3) is 0 Å². The number of hydrogen-bond donors (Lipinski definition) is 1. The first kappa shape index (κ1) is 13.1. The first-order valence-electron chi connectivity index (χ1n) is 6.92. The van der Waals surface area contributed by atoms with Crippen molar-refractivity contribution in [3.8, 4) is 5.75 Å². The number of fused-ring (bicyclic) bond motifs is 1. The summed E-state index contributed by atoms with van der Waals surface area (Å²) in [6, 6.07) is 13.2. The van der Waals surface area contributed by atoms with Crippen LogP contribution in [0.5, 0.6) is 5.75 Å². The van der Waals surface area contributed by atoms with Crippen LogP contribution in [0.3, 0.4) is 0 Å². The zero-order chi connectivity index (χ0) is 13.9. The molecule has 1 aliphatic rings. The molecule has 104 valence electrons. The molecule has 1 unspecified atom stereocenters. The number of aryl methyl sites for hydroxylation is 1. The lowest BCUT2D eigenvalue weighted by Crippen LogP contribution is -2.29. The summed E-state index contributed by atoms with van der Waals surface area (Å²) in [5.74, 6) is 0.620. The Kier molecular flexibility index (Phi) is 3.70. The lowest BCUT2D eigenvalue weighted by atomic mass is 10.1. The Bertz CT molecular complexity index is 594. The molecule has 0 saturated carbocycles. The average molecular weight is 271 g/mol. The van der Waals surface area contributed by atoms with Gasteiger partial charge in [-0.25, -0.2) is 4.39 Å². The van der Waals surface area contributed by atoms with Crippen LogP contribution in [0.4, 0.5) is 4.39 Å². The van der Waals surface area contributed by atoms with Gasteiger partial charge in [-0.05, 0) is 30.7 Å². The topological polar surface area (TPSA) is 21.3 Å². The molecule has 1 N–H and O–H groups in total. The standard InChI is InChI=1S/C17H18FNO/c1-12-2-4-13(5-3-12)10-19-11-16-9-14-8-15(18)6-7-17(14)20-16/h2-8,16,19H,9-11H2,1H3. The van der Waals surface area contributed by atoms with Gasteiger partial charge in [0.25, 0.3) is 0 Å². The maximum absolute atomic E-state index is 13.1. The van der Waals surface area contributed by atoms with E-state index in [1.165, 1.54) is 17.2 Å². The lowest BCUT2D eigenvalue weighted by Gasteiger charge is -2.12. The van der Waals surface area contributed by atoms with Crippen molar-refractivity contribution in [3.63, 3.8) is 0 Å². The molecule has 1 heterocycles. The third-order valence-corrected chi connectivity index (χ3v) is 3.59. The van der Waals surface area contributed by atoms with Gasteiger partial charge in [-0.1, -0.05) is 29.8 Å². The van der Waals surface area contributed by atoms with Gasteiger partial charge >= 0.3 is 0 Å². The second-order valence-corrected chi connectivity index (χ2v) is 5.31. The predicted molar refractivity (Wildman–Crippen MR) is 77.4 cm³/mol. The summed E-state index contributed by atoms with van der Waals surface area (Å²) < 4.78 is 18.9. The van der Waals surface area contributed by atoms with Crippen LogP contribution in [-0.4, -0.2) is 12.6 Å². The summed E-state index contributed by atoms with van der Waals surface area (Å²) in [6.07, 6.45) is 0.866. The van der Waals surface area contributed by atoms with E-state index in [-0.39, 0.29) is 11.9 Å². The minimum atomic E-state index is -0.194. The highest BCUT2D eigenvalue weighted by molar-refractivity contribution is 5.38. The molecule has 0 aliphatic carbocycles. The highest BCUT2D eigenvalue weighted by Gasteiger charge is 2.22. The first-order chi connectivity index (χ1) is 9.70. The highest BCUT2D eigenvalue weighted by Crippen LogP contribution is 2.28. The smallest absolute Gasteiger partial charge is 0.123 e. The van der Waals surface area contributed by atoms with Gasteiger partial charge in [0.05, 0.1) is 0 Å². The third kappa shape index (κ3) is 2.99. The van der Waals surface area contributed by atoms with Crippen molar-refractivity contribution in [2.24, 2.45) is 0 Å². The van der Waals surface area contributed by atoms with Gasteiger partial charge in [-0.3, -0.25) is 0 Å². The fourth-order valence-electron chi connectivity index (χ4n) is 2.49. The number of ether oxygens (including phenoxy) is 1. The summed E-state index contributed by atoms with van der Waals surface area (Å²) in [4.78, 5) is 0. The fourth-order valence-corrected chi connectivity index (χ4v) is 2.49. The molecular weight excluding hydrogens is 253 g/mol. The fraction of sp³-hybridized carbons (Fsp3) is 0.294. The number of rotatable bonds is 4. The summed E-state index contributed by atoms with van der Waals surface area (Å²) in [5.41, 5.74) is 3.50. The van der Waals surface area contributed by atoms with E-state index in [4.69, 9.17) is 4.74 Å². The monoisotopic (exact) mass is 271 g/mol. The Balaban J connectivity index is 1.50. The largest absolute Gasteiger partial charge is 0.488 e. The molecule has 1 aliphatic heterocycles. The Hall–Kier alpha value is -1.87. The van der Waals surface area contributed by atoms with Crippen LogP contribution in [-0.2, 0) is 13.0 Å². The van der Waals surface area contributed by atoms with E-state index in [1.807, 2.05) is 0 Å². The van der Waals surface area contributed by atoms with Gasteiger partial charge in [-0.15, -0.1) is 0 Å². The maximum Gasteiger partial charge on any atom is 0.123 e. The zero-order valence-corrected chi connectivity index (χ0v) is 11.5. The van der Waals surface area contributed by atoms with E-state index < -0.39 is 0 Å². The van der Waals surface area contributed by atoms with E-state index in [0.29, 0.717) is 0 Å². The SMILES string of the molecule is Cc1ccc(CNCC2Cc3cc(F)ccc3O2)cc1. The summed E-state index contributed by atoms with van der Waals surface area (Å²) in [7, 11) is 0. The molecule has 0 spiro atoms. The molecule has 0 aromatic heterocycles. The molecule has 3 rings (SSSR count). The molecule has 0 bridgehead atoms. The quantitative estimate of drug-likeness (QED) is 0.922. The second kappa shape index (κ2) is 5.63. The second-order valence-electron chi connectivity index (χ2n) is 5.31. The van der Waals surface area contributed by atoms with E-state index in [0.717, 1.165) is 30.8 Å². The van der Waals surface area contributed by atoms with E-state index in [1.54, 1.807) is 12.1 Å². The molecule has 2 aromatic rings. The average Bonchev–Trinajstić information content (AvgIpc) is 2.83. The van der Waals surface area contributed by atoms with Gasteiger partial charge in [0.15, 0.2) is 0 Å². The summed E-state index contributed by atoms with van der Waals surface area (Å²) >= 11 is 0. The predicted octanol–water partition coefficient (Wildman–Crippen LogP) is 3.23. The Morgan fingerprint density at radius 3 is 2.80 bits per heavy atom. The highest BCUT2D eigenvalue weighted by atomic mass is 19.1. The van der Waals surface area contributed by atoms with Crippen molar-refractivity contribution in [2.45, 2.75) is 26.0 Å². The van der Waals surface area contributed by atoms with Gasteiger partial charge in [0.2, 0.25) is 0 Å². The molecule has 0 fully saturated rings. The van der Waals surface area contributed by atoms with Crippen LogP contribution in [0.1, 0.15) is 16.7 Å². The van der Waals surface area contributed by atoms with Crippen molar-refractivity contribution < 1.29 is 9.13 Å². The minimum absolute atomic E-state index is 0.0947. The Morgan fingerprint density at radius 2 is 2.00 bits per heavy atom. The van der Waals surface area contributed by atoms with Gasteiger partial charge in [0, 0.05) is 25.1 Å². The van der Waals surface area contributed by atoms with Crippen LogP contribution >= 0.6 is 0 Å². The number of nitrogens with one attached hydrogen (secondary N) is 1. The summed E-state index contributed by atoms with van der Waals surface area (Å²) in [5, 5.41) is 3.39. The zero-order valence-electron chi connectivity index (χ0n) is 11.5. The van der Waals surface area contributed by atoms with Crippen LogP contribution in [0.2, 0.25) is 0 Å². The Morgan fingerprint density at radius 1 is 1.20 bits per heavy atom. The van der Waals surface area contributed by atoms with Crippen molar-refractivity contribution >= 4 is 0 Å². The van der Waals surface area contributed by atoms with E-state index in [2.05, 4.69) is 36.5 Å². The number of benzene rings is 2. The van der Waals surface area contributed by atoms with Crippen LogP contribution in [0, 0.1) is 12.7 Å². The molecule has 0 saturated heterocycles. The third-order valence-electron chi connectivity index (χ3n) is 3.59. The Labute approximate surface area is 118 Å². The molecule has 2 aromatic carbocycles. The molecule has 1 atom stereocenters. The minimum Gasteiger partial charge on any atom is -0.488 e. The molecule has 20 heavy (non-hydrogen) atoms. The van der Waals surface area contributed by atoms with Crippen molar-refractivity contribution in [3.05, 3.63) is 65.0 Å². The normalized spacial score (nSPS) is 16.8. The van der Waals surface area contributed by atoms with Crippen molar-refractivity contribution in [2.75, 3.05) is 6.54 Å². The van der Waals surface area contributed by atoms with Gasteiger partial charge < -0.3 is 10.1 Å². The van der Waals surface area contributed by atoms with E-state index >= 15 is 0 Å². The molecule has 0 radical (unpaired) electrons. The molecule has 2 nitrogen and oxygen atoms in total. The molecule has 3 heteroatoms. The summed E-state index contributed by atoms with van der Waals surface area (Å²) in [6.45, 7) is 3.68. The van der Waals surface area contributed by atoms with E-state index in [9.17, 15) is 4.39 Å². The van der Waals surface area contributed by atoms with Crippen LogP contribution in [0.15, 0.2) is 42.5 Å². The first-order valence-corrected chi connectivity index (χ1v) is 6.92. The molecule has 0 amide bonds. The van der Waals surface area contributed by atoms with Crippen molar-refractivity contribution in [1.29, 1.82) is 0 Å². The van der Waals surface area contributed by atoms with Gasteiger partial charge in [-0.2, -0.15) is 0 Å². The lowest BCUT2D eigenvalue weighted by molar-refractivity contribution is 0.227.